The molecule has 0 N–H and O–H groups in total. The van der Waals surface area contributed by atoms with Gasteiger partial charge in [0.15, 0.2) is 5.78 Å². The summed E-state index contributed by atoms with van der Waals surface area (Å²) in [5, 5.41) is 0. The highest BCUT2D eigenvalue weighted by molar-refractivity contribution is 6.05. The fourth-order valence-electron chi connectivity index (χ4n) is 4.94. The number of hydrogen-bond acceptors (Lipinski definition) is 2. The van der Waals surface area contributed by atoms with E-state index >= 15 is 0 Å². The Morgan fingerprint density at radius 2 is 2.00 bits per heavy atom. The van der Waals surface area contributed by atoms with Crippen LogP contribution in [0, 0.1) is 16.7 Å². The zero-order valence-electron chi connectivity index (χ0n) is 13.9. The van der Waals surface area contributed by atoms with Crippen LogP contribution in [0.3, 0.4) is 0 Å². The van der Waals surface area contributed by atoms with Gasteiger partial charge in [-0.1, -0.05) is 39.0 Å². The summed E-state index contributed by atoms with van der Waals surface area (Å²) in [5.41, 5.74) is 3.73. The van der Waals surface area contributed by atoms with E-state index in [9.17, 15) is 4.79 Å². The number of carbonyl (C=O) groups is 1. The number of allylic oxidation sites excluding steroid dienone is 1. The van der Waals surface area contributed by atoms with Gasteiger partial charge in [0.1, 0.15) is 0 Å². The molecule has 0 radical (unpaired) electrons. The number of rotatable bonds is 1. The molecule has 1 aliphatic heterocycles. The van der Waals surface area contributed by atoms with Crippen molar-refractivity contribution in [3.05, 3.63) is 41.6 Å². The lowest BCUT2D eigenvalue weighted by Gasteiger charge is -2.31. The molecule has 2 aliphatic carbocycles. The number of Topliss-reactive ketones (excluding diaryl/α,β-unsaturated/α-hetero) is 1. The highest BCUT2D eigenvalue weighted by Gasteiger charge is 2.64. The Morgan fingerprint density at radius 3 is 2.73 bits per heavy atom. The van der Waals surface area contributed by atoms with Crippen molar-refractivity contribution in [1.29, 1.82) is 0 Å². The summed E-state index contributed by atoms with van der Waals surface area (Å²) in [6.07, 6.45) is 6.72. The molecule has 1 heterocycles. The van der Waals surface area contributed by atoms with Crippen LogP contribution in [-0.4, -0.2) is 12.3 Å². The van der Waals surface area contributed by atoms with E-state index in [0.29, 0.717) is 11.7 Å². The lowest BCUT2D eigenvalue weighted by molar-refractivity contribution is -0.125. The summed E-state index contributed by atoms with van der Waals surface area (Å²) in [7, 11) is 0. The maximum atomic E-state index is 13.0. The van der Waals surface area contributed by atoms with E-state index in [2.05, 4.69) is 56.1 Å². The van der Waals surface area contributed by atoms with E-state index in [1.54, 1.807) is 0 Å². The second kappa shape index (κ2) is 4.47. The highest BCUT2D eigenvalue weighted by atomic mass is 16.1. The molecule has 1 aromatic carbocycles. The van der Waals surface area contributed by atoms with Crippen molar-refractivity contribution in [1.82, 2.24) is 0 Å². The number of carbonyl (C=O) groups excluding carboxylic acids is 1. The van der Waals surface area contributed by atoms with Crippen LogP contribution in [0.2, 0.25) is 0 Å². The zero-order valence-corrected chi connectivity index (χ0v) is 13.9. The van der Waals surface area contributed by atoms with Crippen LogP contribution in [0.5, 0.6) is 0 Å². The molecule has 0 aromatic heterocycles. The standard InChI is InChI=1S/C20H25NO/c1-19(2)16-10-11-20(19,3)18(22)15(16)13-21-12-6-8-14-7-4-5-9-17(14)21/h4-5,7,9,13,16H,6,8,10-12H2,1-3H3/b15-13+/t16-,20-/m0/s1. The van der Waals surface area contributed by atoms with E-state index in [4.69, 9.17) is 0 Å². The molecule has 2 fully saturated rings. The Bertz CT molecular complexity index is 672. The smallest absolute Gasteiger partial charge is 0.167 e. The summed E-state index contributed by atoms with van der Waals surface area (Å²) in [5.74, 6) is 0.830. The molecule has 2 atom stereocenters. The predicted molar refractivity (Wildman–Crippen MR) is 89.8 cm³/mol. The number of fused-ring (bicyclic) bond motifs is 3. The Kier molecular flexibility index (Phi) is 2.85. The van der Waals surface area contributed by atoms with Crippen molar-refractivity contribution in [3.8, 4) is 0 Å². The molecule has 2 saturated carbocycles. The summed E-state index contributed by atoms with van der Waals surface area (Å²) in [6.45, 7) is 7.78. The number of anilines is 1. The van der Waals surface area contributed by atoms with Gasteiger partial charge in [0.25, 0.3) is 0 Å². The quantitative estimate of drug-likeness (QED) is 0.718. The molecule has 22 heavy (non-hydrogen) atoms. The minimum Gasteiger partial charge on any atom is -0.347 e. The predicted octanol–water partition coefficient (Wildman–Crippen LogP) is 4.35. The fraction of sp³-hybridized carbons (Fsp3) is 0.550. The average molecular weight is 295 g/mol. The molecule has 3 aliphatic rings. The normalized spacial score (nSPS) is 34.3. The minimum atomic E-state index is -0.154. The van der Waals surface area contributed by atoms with Gasteiger partial charge in [0.05, 0.1) is 0 Å². The first-order chi connectivity index (χ1) is 10.4. The van der Waals surface area contributed by atoms with Crippen LogP contribution in [0.15, 0.2) is 36.0 Å². The van der Waals surface area contributed by atoms with Crippen LogP contribution in [-0.2, 0) is 11.2 Å². The van der Waals surface area contributed by atoms with E-state index in [-0.39, 0.29) is 10.8 Å². The molecule has 0 unspecified atom stereocenters. The maximum absolute atomic E-state index is 13.0. The Morgan fingerprint density at radius 1 is 1.23 bits per heavy atom. The van der Waals surface area contributed by atoms with Crippen molar-refractivity contribution < 1.29 is 4.79 Å². The van der Waals surface area contributed by atoms with Gasteiger partial charge in [-0.3, -0.25) is 4.79 Å². The third kappa shape index (κ3) is 1.64. The Balaban J connectivity index is 1.75. The number of nitrogens with zero attached hydrogens (tertiary/aromatic N) is 1. The van der Waals surface area contributed by atoms with E-state index in [1.165, 1.54) is 17.7 Å². The van der Waals surface area contributed by atoms with Gasteiger partial charge in [0.2, 0.25) is 0 Å². The minimum absolute atomic E-state index is 0.102. The number of benzene rings is 1. The summed E-state index contributed by atoms with van der Waals surface area (Å²) < 4.78 is 0. The number of aryl methyl sites for hydroxylation is 1. The van der Waals surface area contributed by atoms with Crippen molar-refractivity contribution in [2.75, 3.05) is 11.4 Å². The molecular formula is C20H25NO. The first kappa shape index (κ1) is 14.0. The fourth-order valence-corrected chi connectivity index (χ4v) is 4.94. The van der Waals surface area contributed by atoms with E-state index in [1.807, 2.05) is 0 Å². The first-order valence-electron chi connectivity index (χ1n) is 8.56. The molecular weight excluding hydrogens is 270 g/mol. The second-order valence-corrected chi connectivity index (χ2v) is 7.98. The van der Waals surface area contributed by atoms with Gasteiger partial charge in [-0.15, -0.1) is 0 Å². The largest absolute Gasteiger partial charge is 0.347 e. The van der Waals surface area contributed by atoms with Gasteiger partial charge < -0.3 is 4.90 Å². The van der Waals surface area contributed by atoms with Crippen molar-refractivity contribution >= 4 is 11.5 Å². The van der Waals surface area contributed by atoms with Crippen molar-refractivity contribution in [2.24, 2.45) is 16.7 Å². The monoisotopic (exact) mass is 295 g/mol. The number of para-hydroxylation sites is 1. The van der Waals surface area contributed by atoms with Crippen molar-refractivity contribution in [2.45, 2.75) is 46.5 Å². The molecule has 2 nitrogen and oxygen atoms in total. The lowest BCUT2D eigenvalue weighted by Crippen LogP contribution is -2.32. The number of ketones is 1. The van der Waals surface area contributed by atoms with Crippen LogP contribution in [0.4, 0.5) is 5.69 Å². The van der Waals surface area contributed by atoms with Crippen molar-refractivity contribution in [3.63, 3.8) is 0 Å². The third-order valence-corrected chi connectivity index (χ3v) is 6.81. The Labute approximate surface area is 133 Å². The maximum Gasteiger partial charge on any atom is 0.167 e. The van der Waals surface area contributed by atoms with Crippen LogP contribution < -0.4 is 4.90 Å². The van der Waals surface area contributed by atoms with Crippen LogP contribution in [0.1, 0.15) is 45.6 Å². The van der Waals surface area contributed by atoms with Gasteiger partial charge in [-0.2, -0.15) is 0 Å². The van der Waals surface area contributed by atoms with Crippen LogP contribution in [0.25, 0.3) is 0 Å². The molecule has 2 bridgehead atoms. The van der Waals surface area contributed by atoms with Gasteiger partial charge in [0, 0.05) is 29.4 Å². The van der Waals surface area contributed by atoms with Gasteiger partial charge in [-0.05, 0) is 48.6 Å². The molecule has 4 rings (SSSR count). The molecule has 116 valence electrons. The molecule has 1 aromatic rings. The summed E-state index contributed by atoms with van der Waals surface area (Å²) in [6, 6.07) is 8.62. The summed E-state index contributed by atoms with van der Waals surface area (Å²) >= 11 is 0. The summed E-state index contributed by atoms with van der Waals surface area (Å²) in [4.78, 5) is 15.3. The van der Waals surface area contributed by atoms with Gasteiger partial charge >= 0.3 is 0 Å². The molecule has 0 spiro atoms. The second-order valence-electron chi connectivity index (χ2n) is 7.98. The topological polar surface area (TPSA) is 20.3 Å². The SMILES string of the molecule is CC1(C)[C@H]2CC[C@@]1(C)C(=O)/C2=C/N1CCCc2ccccc21. The average Bonchev–Trinajstić information content (AvgIpc) is 2.82. The van der Waals surface area contributed by atoms with Crippen LogP contribution >= 0.6 is 0 Å². The number of hydrogen-bond donors (Lipinski definition) is 0. The molecule has 0 amide bonds. The Hall–Kier alpha value is -1.57. The van der Waals surface area contributed by atoms with E-state index in [0.717, 1.165) is 31.4 Å². The third-order valence-electron chi connectivity index (χ3n) is 6.81. The zero-order chi connectivity index (χ0) is 15.5. The molecule has 0 saturated heterocycles. The van der Waals surface area contributed by atoms with Gasteiger partial charge in [-0.25, -0.2) is 0 Å². The first-order valence-corrected chi connectivity index (χ1v) is 8.56. The lowest BCUT2D eigenvalue weighted by atomic mass is 9.70. The molecule has 2 heteroatoms. The van der Waals surface area contributed by atoms with E-state index < -0.39 is 0 Å². The highest BCUT2D eigenvalue weighted by Crippen LogP contribution is 2.65.